The number of rotatable bonds is 4. The molecule has 0 bridgehead atoms. The monoisotopic (exact) mass is 766 g/mol. The predicted octanol–water partition coefficient (Wildman–Crippen LogP) is 15.4. The Labute approximate surface area is 328 Å². The molecule has 0 fully saturated rings. The highest BCUT2D eigenvalue weighted by Gasteiger charge is 2.32. The molecule has 0 aliphatic rings. The van der Waals surface area contributed by atoms with Gasteiger partial charge in [0.25, 0.3) is 0 Å². The Morgan fingerprint density at radius 1 is 0.442 bits per heavy atom. The minimum Gasteiger partial charge on any atom is -0.152 e. The molecule has 5 rings (SSSR count). The van der Waals surface area contributed by atoms with Crippen LogP contribution in [0.4, 0.5) is 0 Å². The predicted molar refractivity (Wildman–Crippen MR) is 240 cm³/mol. The molecule has 0 N–H and O–H groups in total. The van der Waals surface area contributed by atoms with Gasteiger partial charge in [0.2, 0.25) is 0 Å². The molecule has 5 aromatic rings. The molecule has 0 unspecified atom stereocenters. The maximum atomic E-state index is 2.54. The zero-order valence-corrected chi connectivity index (χ0v) is 38.9. The van der Waals surface area contributed by atoms with Crippen LogP contribution in [0, 0.1) is 9.88 Å². The Kier molecular flexibility index (Phi) is 11.0. The van der Waals surface area contributed by atoms with Gasteiger partial charge >= 0.3 is 0 Å². The Morgan fingerprint density at radius 2 is 0.827 bits per heavy atom. The van der Waals surface area contributed by atoms with E-state index in [1.807, 2.05) is 11.3 Å². The summed E-state index contributed by atoms with van der Waals surface area (Å²) in [7, 11) is 2.61. The van der Waals surface area contributed by atoms with Gasteiger partial charge in [-0.1, -0.05) is 171 Å². The first-order chi connectivity index (χ1) is 23.6. The van der Waals surface area contributed by atoms with Gasteiger partial charge in [-0.25, -0.2) is 0 Å². The molecule has 3 aromatic carbocycles. The van der Waals surface area contributed by atoms with E-state index in [9.17, 15) is 0 Å². The van der Waals surface area contributed by atoms with Crippen LogP contribution in [0.25, 0.3) is 21.6 Å². The molecule has 0 aliphatic carbocycles. The van der Waals surface area contributed by atoms with Gasteiger partial charge in [0.05, 0.1) is 0 Å². The lowest BCUT2D eigenvalue weighted by atomic mass is 9.75. The van der Waals surface area contributed by atoms with E-state index in [-0.39, 0.29) is 32.5 Å². The van der Waals surface area contributed by atoms with Crippen LogP contribution in [0.2, 0.25) is 0 Å². The van der Waals surface area contributed by atoms with Crippen molar-refractivity contribution < 1.29 is 0 Å². The van der Waals surface area contributed by atoms with Crippen molar-refractivity contribution in [2.24, 2.45) is 0 Å². The smallest absolute Gasteiger partial charge is 0.0359 e. The fourth-order valence-electron chi connectivity index (χ4n) is 6.86. The SMILES string of the molecule is CC(C)(C)c1cc(C(C)(C)C)c(P=c2c(-c3ccsc3)c(-c3cccs3)c2=Pc2c(C(C)(C)C)cc(C(C)(C)C)cc2C(C)(C)C)c(C(C)(C)C)c1. The highest BCUT2D eigenvalue weighted by atomic mass is 32.1. The van der Waals surface area contributed by atoms with E-state index < -0.39 is 0 Å². The van der Waals surface area contributed by atoms with Gasteiger partial charge < -0.3 is 0 Å². The fraction of sp³-hybridized carbons (Fsp3) is 0.500. The quantitative estimate of drug-likeness (QED) is 0.160. The molecule has 52 heavy (non-hydrogen) atoms. The van der Waals surface area contributed by atoms with Gasteiger partial charge in [-0.2, -0.15) is 11.3 Å². The van der Waals surface area contributed by atoms with Crippen LogP contribution in [-0.4, -0.2) is 0 Å². The van der Waals surface area contributed by atoms with E-state index in [0.29, 0.717) is 0 Å². The van der Waals surface area contributed by atoms with E-state index >= 15 is 0 Å². The molecule has 0 spiro atoms. The largest absolute Gasteiger partial charge is 0.152 e. The molecule has 0 atom stereocenters. The van der Waals surface area contributed by atoms with Crippen LogP contribution in [-0.2, 0) is 32.5 Å². The van der Waals surface area contributed by atoms with Crippen molar-refractivity contribution >= 4 is 49.7 Å². The molecule has 278 valence electrons. The summed E-state index contributed by atoms with van der Waals surface area (Å²) in [5, 5.41) is 9.84. The molecule has 0 amide bonds. The lowest BCUT2D eigenvalue weighted by Crippen LogP contribution is -2.30. The molecule has 0 aliphatic heterocycles. The average molecular weight is 767 g/mol. The van der Waals surface area contributed by atoms with Crippen molar-refractivity contribution in [1.82, 2.24) is 0 Å². The summed E-state index contributed by atoms with van der Waals surface area (Å²) in [5.74, 6) is 0. The Morgan fingerprint density at radius 3 is 1.12 bits per heavy atom. The summed E-state index contributed by atoms with van der Waals surface area (Å²) < 4.78 is 0. The summed E-state index contributed by atoms with van der Waals surface area (Å²) in [5.41, 5.74) is 13.1. The van der Waals surface area contributed by atoms with Gasteiger partial charge in [0, 0.05) is 36.5 Å². The maximum absolute atomic E-state index is 2.54. The first kappa shape index (κ1) is 41.1. The van der Waals surface area contributed by atoms with E-state index in [1.165, 1.54) is 91.8 Å². The minimum atomic E-state index is -0.00376. The Hall–Kier alpha value is -2.08. The van der Waals surface area contributed by atoms with Crippen molar-refractivity contribution in [1.29, 1.82) is 0 Å². The zero-order chi connectivity index (χ0) is 39.0. The van der Waals surface area contributed by atoms with Crippen LogP contribution < -0.4 is 10.6 Å². The maximum Gasteiger partial charge on any atom is 0.0359 e. The Bertz CT molecular complexity index is 1930. The summed E-state index contributed by atoms with van der Waals surface area (Å²) in [6.07, 6.45) is 0. The van der Waals surface area contributed by atoms with Gasteiger partial charge in [-0.15, -0.1) is 11.3 Å². The summed E-state index contributed by atoms with van der Waals surface area (Å²) in [6.45, 7) is 43.0. The highest BCUT2D eigenvalue weighted by Crippen LogP contribution is 2.48. The van der Waals surface area contributed by atoms with Gasteiger partial charge in [0.1, 0.15) is 0 Å². The average Bonchev–Trinajstić information content (AvgIpc) is 3.69. The third-order valence-electron chi connectivity index (χ3n) is 10.2. The highest BCUT2D eigenvalue weighted by molar-refractivity contribution is 7.42. The molecule has 0 radical (unpaired) electrons. The van der Waals surface area contributed by atoms with Crippen LogP contribution in [0.5, 0.6) is 0 Å². The molecule has 0 nitrogen and oxygen atoms in total. The van der Waals surface area contributed by atoms with Crippen molar-refractivity contribution in [2.45, 2.75) is 157 Å². The van der Waals surface area contributed by atoms with E-state index in [4.69, 9.17) is 0 Å². The first-order valence-electron chi connectivity index (χ1n) is 19.0. The fourth-order valence-corrected chi connectivity index (χ4v) is 12.3. The lowest BCUT2D eigenvalue weighted by Gasteiger charge is -2.33. The number of hydrogen-bond donors (Lipinski definition) is 0. The van der Waals surface area contributed by atoms with Gasteiger partial charge in [-0.3, -0.25) is 0 Å². The van der Waals surface area contributed by atoms with Crippen LogP contribution in [0.1, 0.15) is 158 Å². The lowest BCUT2D eigenvalue weighted by molar-refractivity contribution is 0.553. The van der Waals surface area contributed by atoms with Crippen molar-refractivity contribution in [2.75, 3.05) is 0 Å². The standard InChI is InChI=1S/C48H64P2S2/c1-43(2,3)30-24-32(45(7,8)9)39(33(25-30)46(10,11)12)49-41-37(29-21-23-51-28-29)38(36-20-19-22-52-36)42(41)50-40-34(47(13,14)15)26-31(44(4,5)6)27-35(40)48(16,17)18/h19-28H,1-18H3. The molecule has 2 aromatic heterocycles. The van der Waals surface area contributed by atoms with Crippen LogP contribution in [0.3, 0.4) is 0 Å². The third-order valence-corrected chi connectivity index (χ3v) is 14.7. The number of thiophene rings is 2. The zero-order valence-electron chi connectivity index (χ0n) is 35.5. The van der Waals surface area contributed by atoms with E-state index in [1.54, 1.807) is 11.3 Å². The number of hydrogen-bond acceptors (Lipinski definition) is 2. The minimum absolute atomic E-state index is 0.00360. The second kappa shape index (κ2) is 13.9. The molecular weight excluding hydrogens is 703 g/mol. The Balaban J connectivity index is 2.07. The summed E-state index contributed by atoms with van der Waals surface area (Å²) in [4.78, 5) is 4.35. The van der Waals surface area contributed by atoms with Gasteiger partial charge in [-0.05, 0) is 99.7 Å². The molecular formula is C48H64P2S2. The molecule has 0 saturated heterocycles. The van der Waals surface area contributed by atoms with Crippen molar-refractivity contribution in [3.05, 3.63) is 102 Å². The van der Waals surface area contributed by atoms with Crippen molar-refractivity contribution in [3.8, 4) is 21.6 Å². The molecule has 4 heteroatoms. The van der Waals surface area contributed by atoms with Gasteiger partial charge in [0.15, 0.2) is 0 Å². The first-order valence-corrected chi connectivity index (χ1v) is 22.6. The van der Waals surface area contributed by atoms with Crippen LogP contribution in [0.15, 0.2) is 58.6 Å². The molecule has 2 heterocycles. The third kappa shape index (κ3) is 8.42. The normalized spacial score (nSPS) is 14.6. The van der Waals surface area contributed by atoms with Crippen LogP contribution >= 0.6 is 39.1 Å². The van der Waals surface area contributed by atoms with E-state index in [2.05, 4.69) is 183 Å². The summed E-state index contributed by atoms with van der Waals surface area (Å²) in [6, 6.07) is 17.1. The van der Waals surface area contributed by atoms with E-state index in [0.717, 1.165) is 0 Å². The topological polar surface area (TPSA) is 0 Å². The van der Waals surface area contributed by atoms with Crippen molar-refractivity contribution in [3.63, 3.8) is 0 Å². The summed E-state index contributed by atoms with van der Waals surface area (Å²) >= 11 is 3.69. The number of benzene rings is 2. The second-order valence-electron chi connectivity index (χ2n) is 21.0. The second-order valence-corrected chi connectivity index (χ2v) is 25.0. The molecule has 0 saturated carbocycles.